The summed E-state index contributed by atoms with van der Waals surface area (Å²) in [5.41, 5.74) is 6.51. The van der Waals surface area contributed by atoms with E-state index in [4.69, 9.17) is 9.47 Å². The Kier molecular flexibility index (Phi) is 6.75. The highest BCUT2D eigenvalue weighted by atomic mass is 28.3. The molecule has 170 valence electrons. The van der Waals surface area contributed by atoms with Crippen molar-refractivity contribution in [3.05, 3.63) is 58.9 Å². The summed E-state index contributed by atoms with van der Waals surface area (Å²) < 4.78 is 11.9. The summed E-state index contributed by atoms with van der Waals surface area (Å²) in [7, 11) is 1.01. The van der Waals surface area contributed by atoms with Gasteiger partial charge in [-0.1, -0.05) is 31.8 Å². The molecule has 0 saturated carbocycles. The maximum atomic E-state index is 9.50. The highest BCUT2D eigenvalue weighted by Gasteiger charge is 2.35. The molecule has 7 heteroatoms. The number of nitrogens with one attached hydrogen (secondary N) is 1. The Labute approximate surface area is 192 Å². The third kappa shape index (κ3) is 4.78. The zero-order valence-corrected chi connectivity index (χ0v) is 20.6. The third-order valence-corrected chi connectivity index (χ3v) is 7.98. The van der Waals surface area contributed by atoms with Crippen LogP contribution < -0.4 is 0 Å². The van der Waals surface area contributed by atoms with Crippen LogP contribution in [0.2, 0.25) is 25.7 Å². The number of nitriles is 1. The predicted octanol–water partition coefficient (Wildman–Crippen LogP) is 4.39. The molecule has 3 heterocycles. The highest BCUT2D eigenvalue weighted by Crippen LogP contribution is 2.43. The maximum absolute atomic E-state index is 9.50. The fraction of sp³-hybridized carbons (Fsp3) is 0.480. The first-order chi connectivity index (χ1) is 15.4. The van der Waals surface area contributed by atoms with Gasteiger partial charge in [0.25, 0.3) is 0 Å². The smallest absolute Gasteiger partial charge is 0.0991 e. The Morgan fingerprint density at radius 1 is 1.19 bits per heavy atom. The first-order valence-corrected chi connectivity index (χ1v) is 15.2. The van der Waals surface area contributed by atoms with Gasteiger partial charge in [0, 0.05) is 57.8 Å². The van der Waals surface area contributed by atoms with Crippen molar-refractivity contribution in [1.29, 1.82) is 5.26 Å². The Bertz CT molecular complexity index is 1010. The van der Waals surface area contributed by atoms with Gasteiger partial charge < -0.3 is 24.3 Å². The SMILES string of the molecule is CN1C(c2cccc(C#N)c2)=C(N2CCOCC2)c2cc[nH]c2C1COCC[Si](C)(C)C. The van der Waals surface area contributed by atoms with Gasteiger partial charge in [-0.2, -0.15) is 5.26 Å². The molecule has 1 atom stereocenters. The van der Waals surface area contributed by atoms with E-state index in [0.717, 1.165) is 50.2 Å². The summed E-state index contributed by atoms with van der Waals surface area (Å²) in [5.74, 6) is 0. The zero-order chi connectivity index (χ0) is 22.7. The van der Waals surface area contributed by atoms with Crippen LogP contribution in [-0.2, 0) is 9.47 Å². The molecule has 1 N–H and O–H groups in total. The van der Waals surface area contributed by atoms with E-state index in [1.165, 1.54) is 17.0 Å². The van der Waals surface area contributed by atoms with E-state index in [2.05, 4.69) is 59.7 Å². The van der Waals surface area contributed by atoms with Gasteiger partial charge in [-0.25, -0.2) is 0 Å². The number of benzene rings is 1. The van der Waals surface area contributed by atoms with Gasteiger partial charge in [0.1, 0.15) is 0 Å². The molecule has 0 spiro atoms. The minimum atomic E-state index is -1.13. The molecule has 1 unspecified atom stereocenters. The van der Waals surface area contributed by atoms with E-state index in [1.807, 2.05) is 24.4 Å². The van der Waals surface area contributed by atoms with Crippen LogP contribution in [0.1, 0.15) is 28.4 Å². The van der Waals surface area contributed by atoms with Crippen LogP contribution in [0.3, 0.4) is 0 Å². The number of rotatable bonds is 7. The molecular formula is C25H34N4O2Si. The summed E-state index contributed by atoms with van der Waals surface area (Å²) in [4.78, 5) is 8.25. The summed E-state index contributed by atoms with van der Waals surface area (Å²) in [6.45, 7) is 11.7. The average Bonchev–Trinajstić information content (AvgIpc) is 3.26. The molecule has 1 saturated heterocycles. The van der Waals surface area contributed by atoms with Gasteiger partial charge in [-0.15, -0.1) is 0 Å². The molecule has 2 aliphatic rings. The summed E-state index contributed by atoms with van der Waals surface area (Å²) in [5, 5.41) is 9.50. The number of hydrogen-bond donors (Lipinski definition) is 1. The molecule has 32 heavy (non-hydrogen) atoms. The first kappa shape index (κ1) is 22.7. The van der Waals surface area contributed by atoms with E-state index < -0.39 is 8.07 Å². The summed E-state index contributed by atoms with van der Waals surface area (Å²) in [6.07, 6.45) is 2.03. The van der Waals surface area contributed by atoms with E-state index >= 15 is 0 Å². The number of aromatic nitrogens is 1. The Hall–Kier alpha value is -2.53. The molecular weight excluding hydrogens is 416 g/mol. The van der Waals surface area contributed by atoms with Crippen LogP contribution in [0.5, 0.6) is 0 Å². The van der Waals surface area contributed by atoms with Crippen molar-refractivity contribution in [3.63, 3.8) is 0 Å². The van der Waals surface area contributed by atoms with E-state index in [0.29, 0.717) is 12.2 Å². The standard InChI is InChI=1S/C25H34N4O2Si/c1-28-22(18-31-14-15-32(2,3)4)23-21(8-9-27-23)25(29-10-12-30-13-11-29)24(28)20-7-5-6-19(16-20)17-26/h5-9,16,22,27H,10-15,18H2,1-4H3. The summed E-state index contributed by atoms with van der Waals surface area (Å²) in [6, 6.07) is 13.7. The molecule has 1 aromatic heterocycles. The normalized spacial score (nSPS) is 19.2. The van der Waals surface area contributed by atoms with E-state index in [-0.39, 0.29) is 6.04 Å². The quantitative estimate of drug-likeness (QED) is 0.501. The first-order valence-electron chi connectivity index (χ1n) is 11.4. The fourth-order valence-corrected chi connectivity index (χ4v) is 5.22. The number of hydrogen-bond acceptors (Lipinski definition) is 5. The monoisotopic (exact) mass is 450 g/mol. The van der Waals surface area contributed by atoms with Crippen LogP contribution in [0.25, 0.3) is 11.4 Å². The topological polar surface area (TPSA) is 64.5 Å². The predicted molar refractivity (Wildman–Crippen MR) is 131 cm³/mol. The second-order valence-corrected chi connectivity index (χ2v) is 15.4. The molecule has 2 aliphatic heterocycles. The van der Waals surface area contributed by atoms with Gasteiger partial charge in [0.15, 0.2) is 0 Å². The number of H-pyrrole nitrogens is 1. The Morgan fingerprint density at radius 3 is 2.69 bits per heavy atom. The van der Waals surface area contributed by atoms with E-state index in [1.54, 1.807) is 0 Å². The number of aromatic amines is 1. The molecule has 6 nitrogen and oxygen atoms in total. The second kappa shape index (κ2) is 9.53. The number of nitrogens with zero attached hydrogens (tertiary/aromatic N) is 3. The third-order valence-electron chi connectivity index (χ3n) is 6.28. The van der Waals surface area contributed by atoms with Crippen LogP contribution in [-0.4, -0.2) is 69.4 Å². The van der Waals surface area contributed by atoms with E-state index in [9.17, 15) is 5.26 Å². The van der Waals surface area contributed by atoms with Crippen molar-refractivity contribution in [3.8, 4) is 6.07 Å². The average molecular weight is 451 g/mol. The van der Waals surface area contributed by atoms with Gasteiger partial charge in [-0.05, 0) is 24.2 Å². The van der Waals surface area contributed by atoms with Crippen molar-refractivity contribution in [2.24, 2.45) is 0 Å². The van der Waals surface area contributed by atoms with Crippen LogP contribution in [0.4, 0.5) is 0 Å². The minimum absolute atomic E-state index is 0.0900. The van der Waals surface area contributed by atoms with Crippen LogP contribution >= 0.6 is 0 Å². The number of ether oxygens (including phenoxy) is 2. The number of likely N-dealkylation sites (N-methyl/N-ethyl adjacent to an activating group) is 1. The lowest BCUT2D eigenvalue weighted by Gasteiger charge is -2.42. The van der Waals surface area contributed by atoms with Crippen molar-refractivity contribution in [2.75, 3.05) is 46.6 Å². The molecule has 4 rings (SSSR count). The molecule has 1 aromatic carbocycles. The largest absolute Gasteiger partial charge is 0.379 e. The fourth-order valence-electron chi connectivity index (χ4n) is 4.46. The molecule has 2 aromatic rings. The van der Waals surface area contributed by atoms with Crippen LogP contribution in [0, 0.1) is 11.3 Å². The molecule has 0 aliphatic carbocycles. The number of fused-ring (bicyclic) bond motifs is 1. The molecule has 0 bridgehead atoms. The lowest BCUT2D eigenvalue weighted by Crippen LogP contribution is -2.40. The van der Waals surface area contributed by atoms with Crippen molar-refractivity contribution in [2.45, 2.75) is 31.7 Å². The second-order valence-electron chi connectivity index (χ2n) is 9.81. The molecule has 1 fully saturated rings. The lowest BCUT2D eigenvalue weighted by molar-refractivity contribution is 0.0621. The Morgan fingerprint density at radius 2 is 1.97 bits per heavy atom. The lowest BCUT2D eigenvalue weighted by atomic mass is 9.93. The van der Waals surface area contributed by atoms with Gasteiger partial charge >= 0.3 is 0 Å². The summed E-state index contributed by atoms with van der Waals surface area (Å²) >= 11 is 0. The van der Waals surface area contributed by atoms with Gasteiger partial charge in [-0.3, -0.25) is 0 Å². The molecule has 0 amide bonds. The van der Waals surface area contributed by atoms with Crippen molar-refractivity contribution < 1.29 is 9.47 Å². The Balaban J connectivity index is 1.73. The zero-order valence-electron chi connectivity index (χ0n) is 19.6. The molecule has 0 radical (unpaired) electrons. The van der Waals surface area contributed by atoms with Crippen LogP contribution in [0.15, 0.2) is 36.5 Å². The van der Waals surface area contributed by atoms with Crippen molar-refractivity contribution >= 4 is 19.5 Å². The highest BCUT2D eigenvalue weighted by molar-refractivity contribution is 6.76. The minimum Gasteiger partial charge on any atom is -0.379 e. The number of morpholine rings is 1. The van der Waals surface area contributed by atoms with Crippen molar-refractivity contribution in [1.82, 2.24) is 14.8 Å². The van der Waals surface area contributed by atoms with Gasteiger partial charge in [0.05, 0.1) is 48.9 Å². The van der Waals surface area contributed by atoms with Gasteiger partial charge in [0.2, 0.25) is 0 Å². The maximum Gasteiger partial charge on any atom is 0.0991 e.